The maximum absolute atomic E-state index is 12.5. The zero-order chi connectivity index (χ0) is 16.1. The van der Waals surface area contributed by atoms with E-state index in [9.17, 15) is 9.59 Å². The fraction of sp³-hybridized carbons (Fsp3) is 0.294. The van der Waals surface area contributed by atoms with Crippen LogP contribution in [0.3, 0.4) is 0 Å². The van der Waals surface area contributed by atoms with E-state index in [-0.39, 0.29) is 5.78 Å². The Balaban J connectivity index is 2.31. The minimum atomic E-state index is -0.406. The number of likely N-dealkylation sites (N-methyl/N-ethyl adjacent to an activating group) is 1. The van der Waals surface area contributed by atoms with Gasteiger partial charge in [0.05, 0.1) is 11.5 Å². The highest BCUT2D eigenvalue weighted by Crippen LogP contribution is 2.33. The fourth-order valence-electron chi connectivity index (χ4n) is 2.07. The topological polar surface area (TPSA) is 46.6 Å². The minimum Gasteiger partial charge on any atom is -0.463 e. The molecule has 0 atom stereocenters. The molecule has 0 saturated carbocycles. The number of ketones is 1. The average molecular weight is 317 g/mol. The summed E-state index contributed by atoms with van der Waals surface area (Å²) in [5.74, 6) is 0.355. The van der Waals surface area contributed by atoms with Gasteiger partial charge in [0.15, 0.2) is 5.78 Å². The third-order valence-corrected chi connectivity index (χ3v) is 4.29. The van der Waals surface area contributed by atoms with E-state index in [2.05, 4.69) is 0 Å². The van der Waals surface area contributed by atoms with Crippen LogP contribution in [0.25, 0.3) is 0 Å². The molecule has 4 nitrogen and oxygen atoms in total. The summed E-state index contributed by atoms with van der Waals surface area (Å²) < 4.78 is 4.93. The molecular weight excluding hydrogens is 298 g/mol. The predicted molar refractivity (Wildman–Crippen MR) is 88.6 cm³/mol. The molecule has 116 valence electrons. The number of rotatable bonds is 4. The van der Waals surface area contributed by atoms with Crippen LogP contribution in [0, 0.1) is 0 Å². The minimum absolute atomic E-state index is 0.00320. The molecule has 0 radical (unpaired) electrons. The van der Waals surface area contributed by atoms with Gasteiger partial charge in [-0.15, -0.1) is 11.8 Å². The van der Waals surface area contributed by atoms with Crippen LogP contribution in [0.2, 0.25) is 0 Å². The maximum atomic E-state index is 12.5. The van der Waals surface area contributed by atoms with Crippen molar-refractivity contribution in [2.24, 2.45) is 0 Å². The van der Waals surface area contributed by atoms with Crippen LogP contribution in [-0.2, 0) is 15.3 Å². The van der Waals surface area contributed by atoms with Gasteiger partial charge in [-0.25, -0.2) is 4.79 Å². The van der Waals surface area contributed by atoms with Gasteiger partial charge in [-0.1, -0.05) is 24.3 Å². The quantitative estimate of drug-likeness (QED) is 0.631. The second-order valence-corrected chi connectivity index (χ2v) is 6.02. The number of Topliss-reactive ketones (excluding diaryl/α,β-unsaturated/α-hetero) is 1. The summed E-state index contributed by atoms with van der Waals surface area (Å²) in [7, 11) is 3.65. The van der Waals surface area contributed by atoms with Gasteiger partial charge >= 0.3 is 5.97 Å². The molecular formula is C17H19NO3S. The van der Waals surface area contributed by atoms with Crippen molar-refractivity contribution in [1.29, 1.82) is 0 Å². The molecule has 0 aliphatic carbocycles. The van der Waals surface area contributed by atoms with Crippen LogP contribution in [-0.4, -0.2) is 37.4 Å². The van der Waals surface area contributed by atoms with E-state index in [0.29, 0.717) is 17.2 Å². The van der Waals surface area contributed by atoms with Crippen LogP contribution in [0.4, 0.5) is 0 Å². The van der Waals surface area contributed by atoms with Crippen LogP contribution < -0.4 is 0 Å². The van der Waals surface area contributed by atoms with Crippen molar-refractivity contribution in [3.8, 4) is 0 Å². The lowest BCUT2D eigenvalue weighted by Crippen LogP contribution is -2.15. The molecule has 1 aromatic carbocycles. The normalized spacial score (nSPS) is 16.4. The largest absolute Gasteiger partial charge is 0.463 e. The average Bonchev–Trinajstić information content (AvgIpc) is 2.49. The Kier molecular flexibility index (Phi) is 5.44. The van der Waals surface area contributed by atoms with Crippen LogP contribution >= 0.6 is 11.8 Å². The molecule has 2 rings (SSSR count). The van der Waals surface area contributed by atoms with Crippen LogP contribution in [0.1, 0.15) is 22.8 Å². The molecule has 0 N–H and O–H groups in total. The third kappa shape index (κ3) is 3.80. The van der Waals surface area contributed by atoms with E-state index < -0.39 is 5.97 Å². The number of carbonyl (C=O) groups excluding carboxylic acids is 2. The molecule has 0 saturated heterocycles. The standard InChI is InChI=1S/C17H19NO3S/c1-4-21-16(19)10-13(18(2)3)9-15-17(20)14-8-6-5-7-12(14)11-22-15/h5-10H,4,11H2,1-3H3. The van der Waals surface area contributed by atoms with Crippen molar-refractivity contribution in [2.75, 3.05) is 20.7 Å². The molecule has 1 heterocycles. The van der Waals surface area contributed by atoms with E-state index in [4.69, 9.17) is 4.74 Å². The first-order chi connectivity index (χ1) is 10.5. The number of allylic oxidation sites excluding steroid dienone is 2. The number of ether oxygens (including phenoxy) is 1. The molecule has 0 spiro atoms. The summed E-state index contributed by atoms with van der Waals surface area (Å²) >= 11 is 1.49. The smallest absolute Gasteiger partial charge is 0.332 e. The monoisotopic (exact) mass is 317 g/mol. The van der Waals surface area contributed by atoms with E-state index in [0.717, 1.165) is 16.9 Å². The molecule has 0 unspecified atom stereocenters. The highest BCUT2D eigenvalue weighted by atomic mass is 32.2. The van der Waals surface area contributed by atoms with E-state index in [1.54, 1.807) is 17.9 Å². The summed E-state index contributed by atoms with van der Waals surface area (Å²) in [5, 5.41) is 0. The highest BCUT2D eigenvalue weighted by Gasteiger charge is 2.22. The maximum Gasteiger partial charge on any atom is 0.332 e. The molecule has 1 aliphatic rings. The highest BCUT2D eigenvalue weighted by molar-refractivity contribution is 8.03. The van der Waals surface area contributed by atoms with Gasteiger partial charge in [0.2, 0.25) is 0 Å². The number of hydrogen-bond donors (Lipinski definition) is 0. The Morgan fingerprint density at radius 2 is 2.09 bits per heavy atom. The van der Waals surface area contributed by atoms with Gasteiger partial charge in [0, 0.05) is 37.2 Å². The first-order valence-electron chi connectivity index (χ1n) is 7.05. The van der Waals surface area contributed by atoms with Crippen molar-refractivity contribution in [3.63, 3.8) is 0 Å². The lowest BCUT2D eigenvalue weighted by molar-refractivity contribution is -0.137. The number of nitrogens with zero attached hydrogens (tertiary/aromatic N) is 1. The first-order valence-corrected chi connectivity index (χ1v) is 8.04. The van der Waals surface area contributed by atoms with Crippen molar-refractivity contribution in [3.05, 3.63) is 58.1 Å². The van der Waals surface area contributed by atoms with Gasteiger partial charge < -0.3 is 9.64 Å². The molecule has 1 aromatic rings. The number of benzene rings is 1. The summed E-state index contributed by atoms with van der Waals surface area (Å²) in [6.07, 6.45) is 3.16. The molecule has 0 aromatic heterocycles. The zero-order valence-corrected chi connectivity index (χ0v) is 13.8. The molecule has 0 fully saturated rings. The number of hydrogen-bond acceptors (Lipinski definition) is 5. The predicted octanol–water partition coefficient (Wildman–Crippen LogP) is 3.01. The lowest BCUT2D eigenvalue weighted by atomic mass is 10.0. The van der Waals surface area contributed by atoms with Gasteiger partial charge in [0.1, 0.15) is 0 Å². The van der Waals surface area contributed by atoms with Gasteiger partial charge in [0.25, 0.3) is 0 Å². The second-order valence-electron chi connectivity index (χ2n) is 5.00. The Morgan fingerprint density at radius 1 is 1.36 bits per heavy atom. The molecule has 0 bridgehead atoms. The molecule has 5 heteroatoms. The van der Waals surface area contributed by atoms with Crippen molar-refractivity contribution >= 4 is 23.5 Å². The number of carbonyl (C=O) groups is 2. The van der Waals surface area contributed by atoms with Gasteiger partial charge in [-0.3, -0.25) is 4.79 Å². The fourth-order valence-corrected chi connectivity index (χ4v) is 3.08. The van der Waals surface area contributed by atoms with Crippen LogP contribution in [0.5, 0.6) is 0 Å². The Bertz CT molecular complexity index is 647. The lowest BCUT2D eigenvalue weighted by Gasteiger charge is -2.19. The number of thioether (sulfide) groups is 1. The van der Waals surface area contributed by atoms with E-state index >= 15 is 0 Å². The Morgan fingerprint density at radius 3 is 2.77 bits per heavy atom. The summed E-state index contributed by atoms with van der Waals surface area (Å²) in [5.41, 5.74) is 2.44. The Hall–Kier alpha value is -2.01. The van der Waals surface area contributed by atoms with Crippen molar-refractivity contribution < 1.29 is 14.3 Å². The first kappa shape index (κ1) is 16.4. The molecule has 22 heavy (non-hydrogen) atoms. The molecule has 1 aliphatic heterocycles. The van der Waals surface area contributed by atoms with Crippen molar-refractivity contribution in [2.45, 2.75) is 12.7 Å². The van der Waals surface area contributed by atoms with Gasteiger partial charge in [-0.2, -0.15) is 0 Å². The second kappa shape index (κ2) is 7.31. The molecule has 0 amide bonds. The summed E-state index contributed by atoms with van der Waals surface area (Å²) in [6, 6.07) is 7.62. The SMILES string of the molecule is CCOC(=O)C=C(C=C1SCc2ccccc2C1=O)N(C)C. The third-order valence-electron chi connectivity index (χ3n) is 3.22. The van der Waals surface area contributed by atoms with Gasteiger partial charge in [-0.05, 0) is 18.6 Å². The van der Waals surface area contributed by atoms with Crippen molar-refractivity contribution in [1.82, 2.24) is 4.90 Å². The van der Waals surface area contributed by atoms with E-state index in [1.807, 2.05) is 38.4 Å². The number of fused-ring (bicyclic) bond motifs is 1. The zero-order valence-electron chi connectivity index (χ0n) is 13.0. The summed E-state index contributed by atoms with van der Waals surface area (Å²) in [6.45, 7) is 2.09. The van der Waals surface area contributed by atoms with E-state index in [1.165, 1.54) is 17.8 Å². The number of esters is 1. The van der Waals surface area contributed by atoms with Crippen LogP contribution in [0.15, 0.2) is 47.0 Å². The summed E-state index contributed by atoms with van der Waals surface area (Å²) in [4.78, 5) is 26.6. The Labute approximate surface area is 134 Å².